The van der Waals surface area contributed by atoms with Crippen LogP contribution in [-0.2, 0) is 4.74 Å². The average molecular weight is 368 g/mol. The lowest BCUT2D eigenvalue weighted by Gasteiger charge is -2.27. The van der Waals surface area contributed by atoms with E-state index in [1.807, 2.05) is 6.07 Å². The van der Waals surface area contributed by atoms with Crippen molar-refractivity contribution in [3.05, 3.63) is 47.2 Å². The number of aromatic nitrogens is 2. The molecule has 144 valence electrons. The maximum Gasteiger partial charge on any atom is 0.276 e. The van der Waals surface area contributed by atoms with E-state index in [1.54, 1.807) is 6.07 Å². The summed E-state index contributed by atoms with van der Waals surface area (Å²) in [5.74, 6) is 1.17. The second kappa shape index (κ2) is 8.48. The highest BCUT2D eigenvalue weighted by atomic mass is 16.5. The quantitative estimate of drug-likeness (QED) is 0.869. The topological polar surface area (TPSA) is 67.4 Å². The van der Waals surface area contributed by atoms with Gasteiger partial charge in [0, 0.05) is 18.8 Å². The van der Waals surface area contributed by atoms with E-state index in [-0.39, 0.29) is 5.91 Å². The van der Waals surface area contributed by atoms with Gasteiger partial charge in [-0.05, 0) is 35.1 Å². The van der Waals surface area contributed by atoms with Gasteiger partial charge in [0.05, 0.1) is 13.2 Å². The third-order valence-corrected chi connectivity index (χ3v) is 4.83. The van der Waals surface area contributed by atoms with Gasteiger partial charge >= 0.3 is 0 Å². The molecular weight excluding hydrogens is 340 g/mol. The summed E-state index contributed by atoms with van der Waals surface area (Å²) < 4.78 is 5.36. The molecule has 6 nitrogen and oxygen atoms in total. The maximum atomic E-state index is 12.8. The Morgan fingerprint density at radius 3 is 2.15 bits per heavy atom. The SMILES string of the molecule is CC(C)c1cccc(C(C)C)c1NC(=O)c1ccc(N2CCOCC2)nn1. The Hall–Kier alpha value is -2.47. The fraction of sp³-hybridized carbons (Fsp3) is 0.476. The van der Waals surface area contributed by atoms with Gasteiger partial charge in [0.25, 0.3) is 5.91 Å². The number of anilines is 2. The molecule has 0 aliphatic carbocycles. The molecule has 1 saturated heterocycles. The molecule has 1 aliphatic heterocycles. The Balaban J connectivity index is 1.81. The minimum Gasteiger partial charge on any atom is -0.378 e. The molecule has 0 atom stereocenters. The standard InChI is InChI=1S/C21H28N4O2/c1-14(2)16-6-5-7-17(15(3)4)20(16)22-21(26)18-8-9-19(24-23-18)25-10-12-27-13-11-25/h5-9,14-15H,10-13H2,1-4H3,(H,22,26). The lowest BCUT2D eigenvalue weighted by molar-refractivity contribution is 0.102. The zero-order chi connectivity index (χ0) is 19.4. The predicted molar refractivity (Wildman–Crippen MR) is 108 cm³/mol. The van der Waals surface area contributed by atoms with Crippen LogP contribution in [0.2, 0.25) is 0 Å². The predicted octanol–water partition coefficient (Wildman–Crippen LogP) is 3.81. The van der Waals surface area contributed by atoms with Crippen LogP contribution >= 0.6 is 0 Å². The molecule has 3 rings (SSSR count). The van der Waals surface area contributed by atoms with Gasteiger partial charge in [0.1, 0.15) is 0 Å². The molecule has 1 N–H and O–H groups in total. The summed E-state index contributed by atoms with van der Waals surface area (Å²) >= 11 is 0. The molecule has 2 aromatic rings. The zero-order valence-corrected chi connectivity index (χ0v) is 16.5. The highest BCUT2D eigenvalue weighted by Crippen LogP contribution is 2.32. The third kappa shape index (κ3) is 4.45. The second-order valence-corrected chi connectivity index (χ2v) is 7.45. The first-order valence-electron chi connectivity index (χ1n) is 9.58. The molecule has 6 heteroatoms. The van der Waals surface area contributed by atoms with Gasteiger partial charge in [-0.1, -0.05) is 45.9 Å². The number of benzene rings is 1. The number of hydrogen-bond acceptors (Lipinski definition) is 5. The van der Waals surface area contributed by atoms with Crippen LogP contribution in [0, 0.1) is 0 Å². The molecule has 2 heterocycles. The van der Waals surface area contributed by atoms with E-state index in [2.05, 4.69) is 66.3 Å². The fourth-order valence-electron chi connectivity index (χ4n) is 3.28. The monoisotopic (exact) mass is 368 g/mol. The minimum atomic E-state index is -0.231. The summed E-state index contributed by atoms with van der Waals surface area (Å²) in [7, 11) is 0. The molecule has 0 saturated carbocycles. The summed E-state index contributed by atoms with van der Waals surface area (Å²) in [6.45, 7) is 11.5. The van der Waals surface area contributed by atoms with Crippen LogP contribution in [0.25, 0.3) is 0 Å². The Morgan fingerprint density at radius 2 is 1.63 bits per heavy atom. The lowest BCUT2D eigenvalue weighted by Crippen LogP contribution is -2.37. The maximum absolute atomic E-state index is 12.8. The first-order chi connectivity index (χ1) is 13.0. The van der Waals surface area contributed by atoms with Crippen molar-refractivity contribution in [1.29, 1.82) is 0 Å². The van der Waals surface area contributed by atoms with Crippen molar-refractivity contribution in [2.45, 2.75) is 39.5 Å². The Bertz CT molecular complexity index is 755. The molecule has 0 unspecified atom stereocenters. The molecule has 1 aromatic carbocycles. The van der Waals surface area contributed by atoms with Crippen LogP contribution in [-0.4, -0.2) is 42.4 Å². The molecule has 1 aromatic heterocycles. The van der Waals surface area contributed by atoms with Crippen LogP contribution in [0.5, 0.6) is 0 Å². The van der Waals surface area contributed by atoms with Crippen molar-refractivity contribution < 1.29 is 9.53 Å². The Labute approximate surface area is 160 Å². The average Bonchev–Trinajstić information content (AvgIpc) is 2.68. The van der Waals surface area contributed by atoms with E-state index >= 15 is 0 Å². The van der Waals surface area contributed by atoms with Crippen LogP contribution in [0.15, 0.2) is 30.3 Å². The van der Waals surface area contributed by atoms with Crippen molar-refractivity contribution in [2.75, 3.05) is 36.5 Å². The molecular formula is C21H28N4O2. The Morgan fingerprint density at radius 1 is 1.00 bits per heavy atom. The van der Waals surface area contributed by atoms with Gasteiger partial charge in [-0.3, -0.25) is 4.79 Å². The molecule has 1 fully saturated rings. The van der Waals surface area contributed by atoms with Gasteiger partial charge in [-0.25, -0.2) is 0 Å². The van der Waals surface area contributed by atoms with E-state index in [9.17, 15) is 4.79 Å². The van der Waals surface area contributed by atoms with E-state index in [1.165, 1.54) is 0 Å². The van der Waals surface area contributed by atoms with Gasteiger partial charge in [-0.15, -0.1) is 10.2 Å². The third-order valence-electron chi connectivity index (χ3n) is 4.83. The summed E-state index contributed by atoms with van der Waals surface area (Å²) in [5.41, 5.74) is 3.48. The second-order valence-electron chi connectivity index (χ2n) is 7.45. The number of carbonyl (C=O) groups is 1. The van der Waals surface area contributed by atoms with Gasteiger partial charge in [0.15, 0.2) is 11.5 Å². The molecule has 1 aliphatic rings. The minimum absolute atomic E-state index is 0.231. The number of ether oxygens (including phenoxy) is 1. The smallest absolute Gasteiger partial charge is 0.276 e. The molecule has 27 heavy (non-hydrogen) atoms. The first kappa shape index (κ1) is 19.3. The number of morpholine rings is 1. The van der Waals surface area contributed by atoms with Crippen molar-refractivity contribution in [3.63, 3.8) is 0 Å². The fourth-order valence-corrected chi connectivity index (χ4v) is 3.28. The van der Waals surface area contributed by atoms with E-state index in [0.717, 1.165) is 35.7 Å². The summed E-state index contributed by atoms with van der Waals surface area (Å²) in [6, 6.07) is 9.78. The first-order valence-corrected chi connectivity index (χ1v) is 9.58. The summed E-state index contributed by atoms with van der Waals surface area (Å²) in [5, 5.41) is 11.5. The summed E-state index contributed by atoms with van der Waals surface area (Å²) in [6.07, 6.45) is 0. The molecule has 0 spiro atoms. The highest BCUT2D eigenvalue weighted by Gasteiger charge is 2.18. The van der Waals surface area contributed by atoms with Crippen LogP contribution in [0.1, 0.15) is 61.1 Å². The number of amides is 1. The number of rotatable bonds is 5. The van der Waals surface area contributed by atoms with Crippen molar-refractivity contribution >= 4 is 17.4 Å². The van der Waals surface area contributed by atoms with Gasteiger partial charge in [0.2, 0.25) is 0 Å². The Kier molecular flexibility index (Phi) is 6.06. The van der Waals surface area contributed by atoms with E-state index < -0.39 is 0 Å². The molecule has 0 bridgehead atoms. The van der Waals surface area contributed by atoms with Crippen LogP contribution < -0.4 is 10.2 Å². The van der Waals surface area contributed by atoms with Crippen LogP contribution in [0.3, 0.4) is 0 Å². The molecule has 0 radical (unpaired) electrons. The summed E-state index contributed by atoms with van der Waals surface area (Å²) in [4.78, 5) is 14.9. The van der Waals surface area contributed by atoms with Crippen molar-refractivity contribution in [1.82, 2.24) is 10.2 Å². The molecule has 1 amide bonds. The zero-order valence-electron chi connectivity index (χ0n) is 16.5. The van der Waals surface area contributed by atoms with Crippen LogP contribution in [0.4, 0.5) is 11.5 Å². The number of nitrogens with zero attached hydrogens (tertiary/aromatic N) is 3. The lowest BCUT2D eigenvalue weighted by atomic mass is 9.92. The number of hydrogen-bond donors (Lipinski definition) is 1. The highest BCUT2D eigenvalue weighted by molar-refractivity contribution is 6.03. The number of carbonyl (C=O) groups excluding carboxylic acids is 1. The number of nitrogens with one attached hydrogen (secondary N) is 1. The van der Waals surface area contributed by atoms with E-state index in [4.69, 9.17) is 4.74 Å². The van der Waals surface area contributed by atoms with E-state index in [0.29, 0.717) is 30.7 Å². The van der Waals surface area contributed by atoms with Crippen molar-refractivity contribution in [2.24, 2.45) is 0 Å². The van der Waals surface area contributed by atoms with Crippen molar-refractivity contribution in [3.8, 4) is 0 Å². The van der Waals surface area contributed by atoms with Gasteiger partial charge < -0.3 is 15.0 Å². The number of para-hydroxylation sites is 1. The normalized spacial score (nSPS) is 14.7. The largest absolute Gasteiger partial charge is 0.378 e. The van der Waals surface area contributed by atoms with Gasteiger partial charge in [-0.2, -0.15) is 0 Å².